The summed E-state index contributed by atoms with van der Waals surface area (Å²) in [5, 5.41) is 21.4. The number of nitrogens with one attached hydrogen (secondary N) is 1. The maximum atomic E-state index is 10.2. The molecule has 2 rings (SSSR count). The van der Waals surface area contributed by atoms with Crippen LogP contribution in [0.5, 0.6) is 0 Å². The second-order valence-electron chi connectivity index (χ2n) is 5.57. The first-order chi connectivity index (χ1) is 8.96. The van der Waals surface area contributed by atoms with Crippen molar-refractivity contribution < 1.29 is 5.11 Å². The minimum absolute atomic E-state index is 0.408. The average Bonchev–Trinajstić information content (AvgIpc) is 2.35. The molecular weight excluding hydrogens is 240 g/mol. The van der Waals surface area contributed by atoms with Crippen molar-refractivity contribution in [2.24, 2.45) is 5.92 Å². The van der Waals surface area contributed by atoms with Crippen molar-refractivity contribution in [3.05, 3.63) is 24.3 Å². The molecule has 2 aromatic rings. The van der Waals surface area contributed by atoms with Gasteiger partial charge in [0.2, 0.25) is 5.95 Å². The summed E-state index contributed by atoms with van der Waals surface area (Å²) in [7, 11) is 0. The highest BCUT2D eigenvalue weighted by molar-refractivity contribution is 5.73. The van der Waals surface area contributed by atoms with E-state index in [0.29, 0.717) is 18.4 Å². The number of nitrogens with zero attached hydrogens (tertiary/aromatic N) is 3. The molecule has 5 heteroatoms. The van der Waals surface area contributed by atoms with Gasteiger partial charge in [-0.2, -0.15) is 0 Å². The summed E-state index contributed by atoms with van der Waals surface area (Å²) in [6.45, 7) is 6.39. The van der Waals surface area contributed by atoms with Crippen LogP contribution in [0.3, 0.4) is 0 Å². The molecule has 0 fully saturated rings. The van der Waals surface area contributed by atoms with Gasteiger partial charge >= 0.3 is 0 Å². The smallest absolute Gasteiger partial charge is 0.243 e. The third kappa shape index (κ3) is 3.86. The molecule has 0 saturated carbocycles. The van der Waals surface area contributed by atoms with Crippen LogP contribution >= 0.6 is 0 Å². The molecule has 0 aliphatic rings. The third-order valence-electron chi connectivity index (χ3n) is 2.84. The monoisotopic (exact) mass is 260 g/mol. The maximum absolute atomic E-state index is 10.2. The predicted octanol–water partition coefficient (Wildman–Crippen LogP) is 2.23. The fourth-order valence-corrected chi connectivity index (χ4v) is 2.18. The fraction of sp³-hybridized carbons (Fsp3) is 0.500. The molecule has 2 N–H and O–H groups in total. The number of rotatable bonds is 5. The van der Waals surface area contributed by atoms with E-state index < -0.39 is 5.60 Å². The van der Waals surface area contributed by atoms with Crippen LogP contribution in [0.25, 0.3) is 11.0 Å². The molecule has 0 amide bonds. The Morgan fingerprint density at radius 3 is 2.58 bits per heavy atom. The Hall–Kier alpha value is -1.75. The third-order valence-corrected chi connectivity index (χ3v) is 2.84. The summed E-state index contributed by atoms with van der Waals surface area (Å²) in [6.07, 6.45) is 0.723. The fourth-order valence-electron chi connectivity index (χ4n) is 2.18. The van der Waals surface area contributed by atoms with Crippen molar-refractivity contribution in [3.63, 3.8) is 0 Å². The van der Waals surface area contributed by atoms with Gasteiger partial charge < -0.3 is 10.4 Å². The first kappa shape index (κ1) is 13.7. The minimum atomic E-state index is -0.775. The van der Waals surface area contributed by atoms with Gasteiger partial charge in [-0.25, -0.2) is 4.98 Å². The second kappa shape index (κ2) is 5.48. The highest BCUT2D eigenvalue weighted by Crippen LogP contribution is 2.17. The maximum Gasteiger partial charge on any atom is 0.243 e. The molecule has 1 atom stereocenters. The molecule has 1 aromatic carbocycles. The Morgan fingerprint density at radius 2 is 1.89 bits per heavy atom. The topological polar surface area (TPSA) is 70.9 Å². The molecule has 102 valence electrons. The summed E-state index contributed by atoms with van der Waals surface area (Å²) >= 11 is 0. The molecule has 0 radical (unpaired) electrons. The minimum Gasteiger partial charge on any atom is -0.388 e. The Balaban J connectivity index is 2.05. The SMILES string of the molecule is CC(C)CC(C)(O)CNc1nnc2ccccc2n1. The predicted molar refractivity (Wildman–Crippen MR) is 75.9 cm³/mol. The van der Waals surface area contributed by atoms with E-state index in [1.165, 1.54) is 0 Å². The first-order valence-corrected chi connectivity index (χ1v) is 6.52. The summed E-state index contributed by atoms with van der Waals surface area (Å²) < 4.78 is 0. The molecule has 0 spiro atoms. The largest absolute Gasteiger partial charge is 0.388 e. The normalized spacial score (nSPS) is 14.6. The summed E-state index contributed by atoms with van der Waals surface area (Å²) in [6, 6.07) is 7.57. The van der Waals surface area contributed by atoms with E-state index in [9.17, 15) is 5.11 Å². The molecule has 1 unspecified atom stereocenters. The van der Waals surface area contributed by atoms with Crippen molar-refractivity contribution in [2.45, 2.75) is 32.8 Å². The van der Waals surface area contributed by atoms with Crippen molar-refractivity contribution in [1.82, 2.24) is 15.2 Å². The molecule has 1 heterocycles. The standard InChI is InChI=1S/C14H20N4O/c1-10(2)8-14(3,19)9-15-13-16-11-6-4-5-7-12(11)17-18-13/h4-7,10,19H,8-9H2,1-3H3,(H,15,16,18). The van der Waals surface area contributed by atoms with Crippen LogP contribution in [0.15, 0.2) is 24.3 Å². The highest BCUT2D eigenvalue weighted by atomic mass is 16.3. The lowest BCUT2D eigenvalue weighted by atomic mass is 9.94. The van der Waals surface area contributed by atoms with Crippen LogP contribution in [0.1, 0.15) is 27.2 Å². The Morgan fingerprint density at radius 1 is 1.21 bits per heavy atom. The Bertz CT molecular complexity index is 554. The van der Waals surface area contributed by atoms with Gasteiger partial charge in [0.15, 0.2) is 0 Å². The number of hydrogen-bond donors (Lipinski definition) is 2. The number of hydrogen-bond acceptors (Lipinski definition) is 5. The Kier molecular flexibility index (Phi) is 3.95. The molecule has 19 heavy (non-hydrogen) atoms. The quantitative estimate of drug-likeness (QED) is 0.862. The lowest BCUT2D eigenvalue weighted by Gasteiger charge is -2.25. The number of aromatic nitrogens is 3. The van der Waals surface area contributed by atoms with Crippen molar-refractivity contribution in [3.8, 4) is 0 Å². The zero-order valence-electron chi connectivity index (χ0n) is 11.6. The number of fused-ring (bicyclic) bond motifs is 1. The number of aliphatic hydroxyl groups is 1. The van der Waals surface area contributed by atoms with Crippen LogP contribution in [0.2, 0.25) is 0 Å². The van der Waals surface area contributed by atoms with Gasteiger partial charge in [-0.3, -0.25) is 0 Å². The van der Waals surface area contributed by atoms with E-state index in [1.54, 1.807) is 0 Å². The molecule has 0 aliphatic carbocycles. The lowest BCUT2D eigenvalue weighted by molar-refractivity contribution is 0.0514. The molecular formula is C14H20N4O. The Labute approximate surface area is 113 Å². The van der Waals surface area contributed by atoms with E-state index in [2.05, 4.69) is 34.3 Å². The van der Waals surface area contributed by atoms with Crippen LogP contribution in [0.4, 0.5) is 5.95 Å². The lowest BCUT2D eigenvalue weighted by Crippen LogP contribution is -2.35. The molecule has 0 bridgehead atoms. The van der Waals surface area contributed by atoms with E-state index >= 15 is 0 Å². The zero-order valence-corrected chi connectivity index (χ0v) is 11.6. The van der Waals surface area contributed by atoms with Crippen LogP contribution in [-0.2, 0) is 0 Å². The van der Waals surface area contributed by atoms with Crippen LogP contribution in [-0.4, -0.2) is 32.4 Å². The van der Waals surface area contributed by atoms with Gasteiger partial charge in [0.05, 0.1) is 11.1 Å². The summed E-state index contributed by atoms with van der Waals surface area (Å²) in [5.41, 5.74) is 0.786. The zero-order chi connectivity index (χ0) is 13.9. The molecule has 0 aliphatic heterocycles. The van der Waals surface area contributed by atoms with Crippen molar-refractivity contribution in [1.29, 1.82) is 0 Å². The number of anilines is 1. The molecule has 1 aromatic heterocycles. The van der Waals surface area contributed by atoms with E-state index in [0.717, 1.165) is 17.5 Å². The summed E-state index contributed by atoms with van der Waals surface area (Å²) in [4.78, 5) is 4.36. The average molecular weight is 260 g/mol. The van der Waals surface area contributed by atoms with Gasteiger partial charge in [0, 0.05) is 6.54 Å². The van der Waals surface area contributed by atoms with Crippen LogP contribution in [0, 0.1) is 5.92 Å². The summed E-state index contributed by atoms with van der Waals surface area (Å²) in [5.74, 6) is 0.884. The van der Waals surface area contributed by atoms with Gasteiger partial charge in [0.25, 0.3) is 0 Å². The van der Waals surface area contributed by atoms with Crippen molar-refractivity contribution >= 4 is 17.0 Å². The van der Waals surface area contributed by atoms with Crippen LogP contribution < -0.4 is 5.32 Å². The molecule has 0 saturated heterocycles. The van der Waals surface area contributed by atoms with Crippen molar-refractivity contribution in [2.75, 3.05) is 11.9 Å². The second-order valence-corrected chi connectivity index (χ2v) is 5.57. The van der Waals surface area contributed by atoms with E-state index in [4.69, 9.17) is 0 Å². The molecule has 5 nitrogen and oxygen atoms in total. The van der Waals surface area contributed by atoms with Gasteiger partial charge in [-0.1, -0.05) is 26.0 Å². The van der Waals surface area contributed by atoms with E-state index in [-0.39, 0.29) is 0 Å². The number of benzene rings is 1. The van der Waals surface area contributed by atoms with Gasteiger partial charge in [-0.05, 0) is 31.4 Å². The first-order valence-electron chi connectivity index (χ1n) is 6.52. The van der Waals surface area contributed by atoms with Gasteiger partial charge in [-0.15, -0.1) is 10.2 Å². The van der Waals surface area contributed by atoms with E-state index in [1.807, 2.05) is 31.2 Å². The highest BCUT2D eigenvalue weighted by Gasteiger charge is 2.21. The van der Waals surface area contributed by atoms with Gasteiger partial charge in [0.1, 0.15) is 5.52 Å². The number of para-hydroxylation sites is 1.